The van der Waals surface area contributed by atoms with Crippen molar-refractivity contribution in [2.45, 2.75) is 13.5 Å². The van der Waals surface area contributed by atoms with E-state index in [1.807, 2.05) is 11.4 Å². The Bertz CT molecular complexity index is 596. The summed E-state index contributed by atoms with van der Waals surface area (Å²) in [6.45, 7) is 10.4. The maximum absolute atomic E-state index is 5.93. The van der Waals surface area contributed by atoms with Crippen LogP contribution in [0.5, 0.6) is 0 Å². The first-order valence-corrected chi connectivity index (χ1v) is 8.57. The van der Waals surface area contributed by atoms with Gasteiger partial charge >= 0.3 is 0 Å². The molecule has 2 heteroatoms. The second kappa shape index (κ2) is 7.03. The first-order chi connectivity index (χ1) is 9.76. The zero-order chi connectivity index (χ0) is 14.4. The molecule has 0 saturated heterocycles. The van der Waals surface area contributed by atoms with Crippen LogP contribution in [0, 0.1) is 6.92 Å². The number of benzene rings is 2. The van der Waals surface area contributed by atoms with Crippen LogP contribution in [0.1, 0.15) is 11.1 Å². The highest BCUT2D eigenvalue weighted by molar-refractivity contribution is 6.62. The van der Waals surface area contributed by atoms with Crippen molar-refractivity contribution in [3.63, 3.8) is 0 Å². The summed E-state index contributed by atoms with van der Waals surface area (Å²) in [4.78, 5) is 0. The monoisotopic (exact) mass is 280 g/mol. The molecule has 2 aromatic rings. The van der Waals surface area contributed by atoms with E-state index in [2.05, 4.69) is 68.6 Å². The normalized spacial score (nSPS) is 10.5. The smallest absolute Gasteiger partial charge is 0.224 e. The van der Waals surface area contributed by atoms with Gasteiger partial charge in [0.1, 0.15) is 0 Å². The van der Waals surface area contributed by atoms with Crippen molar-refractivity contribution in [2.75, 3.05) is 0 Å². The van der Waals surface area contributed by atoms with Gasteiger partial charge in [-0.1, -0.05) is 59.9 Å². The van der Waals surface area contributed by atoms with Crippen molar-refractivity contribution in [3.05, 3.63) is 84.2 Å². The number of aryl methyl sites for hydroxylation is 1. The lowest BCUT2D eigenvalue weighted by atomic mass is 9.96. The Labute approximate surface area is 123 Å². The summed E-state index contributed by atoms with van der Waals surface area (Å²) in [5, 5.41) is 0. The highest BCUT2D eigenvalue weighted by Crippen LogP contribution is 2.27. The number of hydrogen-bond donors (Lipinski definition) is 0. The fourth-order valence-electron chi connectivity index (χ4n) is 2.20. The van der Waals surface area contributed by atoms with Gasteiger partial charge in [-0.2, -0.15) is 0 Å². The molecule has 1 nitrogen and oxygen atoms in total. The van der Waals surface area contributed by atoms with E-state index in [1.54, 1.807) is 0 Å². The highest BCUT2D eigenvalue weighted by Gasteiger charge is 2.08. The molecule has 0 aliphatic rings. The summed E-state index contributed by atoms with van der Waals surface area (Å²) in [6.07, 6.45) is 0. The zero-order valence-electron chi connectivity index (χ0n) is 11.9. The molecule has 102 valence electrons. The molecule has 0 aromatic heterocycles. The molecule has 2 rings (SSSR count). The summed E-state index contributed by atoms with van der Waals surface area (Å²) in [7, 11) is -1.46. The largest absolute Gasteiger partial charge is 0.408 e. The summed E-state index contributed by atoms with van der Waals surface area (Å²) < 4.78 is 5.93. The second-order valence-electron chi connectivity index (χ2n) is 4.72. The third kappa shape index (κ3) is 3.35. The Morgan fingerprint density at radius 2 is 1.55 bits per heavy atom. The molecule has 0 heterocycles. The maximum atomic E-state index is 5.93. The molecule has 0 radical (unpaired) electrons. The van der Waals surface area contributed by atoms with Crippen molar-refractivity contribution in [3.8, 4) is 11.1 Å². The fourth-order valence-corrected chi connectivity index (χ4v) is 3.04. The van der Waals surface area contributed by atoms with E-state index < -0.39 is 9.04 Å². The van der Waals surface area contributed by atoms with Crippen molar-refractivity contribution >= 4 is 9.04 Å². The van der Waals surface area contributed by atoms with Crippen LogP contribution in [0.3, 0.4) is 0 Å². The van der Waals surface area contributed by atoms with Crippen LogP contribution in [-0.4, -0.2) is 9.04 Å². The Balaban J connectivity index is 2.29. The topological polar surface area (TPSA) is 9.23 Å². The SMILES string of the molecule is C=C[SiH](C=C)OCc1ccccc1-c1ccccc1C. The lowest BCUT2D eigenvalue weighted by Crippen LogP contribution is -2.12. The molecule has 0 spiro atoms. The summed E-state index contributed by atoms with van der Waals surface area (Å²) >= 11 is 0. The van der Waals surface area contributed by atoms with Gasteiger partial charge in [0.05, 0.1) is 6.61 Å². The Hall–Kier alpha value is -1.90. The third-order valence-electron chi connectivity index (χ3n) is 3.35. The van der Waals surface area contributed by atoms with Gasteiger partial charge in [0.2, 0.25) is 9.04 Å². The summed E-state index contributed by atoms with van der Waals surface area (Å²) in [5.74, 6) is 0. The van der Waals surface area contributed by atoms with Crippen LogP contribution in [0.25, 0.3) is 11.1 Å². The van der Waals surface area contributed by atoms with E-state index in [4.69, 9.17) is 4.43 Å². The predicted octanol–water partition coefficient (Wildman–Crippen LogP) is 4.35. The molecule has 0 atom stereocenters. The van der Waals surface area contributed by atoms with E-state index in [0.717, 1.165) is 0 Å². The van der Waals surface area contributed by atoms with Gasteiger partial charge in [0, 0.05) is 0 Å². The van der Waals surface area contributed by atoms with Crippen molar-refractivity contribution < 1.29 is 4.43 Å². The van der Waals surface area contributed by atoms with E-state index in [9.17, 15) is 0 Å². The highest BCUT2D eigenvalue weighted by atomic mass is 28.3. The van der Waals surface area contributed by atoms with Gasteiger partial charge in [0.25, 0.3) is 0 Å². The first-order valence-electron chi connectivity index (χ1n) is 6.77. The van der Waals surface area contributed by atoms with Crippen LogP contribution >= 0.6 is 0 Å². The molecule has 0 bridgehead atoms. The second-order valence-corrected chi connectivity index (χ2v) is 6.92. The van der Waals surface area contributed by atoms with Crippen LogP contribution < -0.4 is 0 Å². The Morgan fingerprint density at radius 1 is 0.950 bits per heavy atom. The molecule has 0 saturated carbocycles. The van der Waals surface area contributed by atoms with E-state index in [0.29, 0.717) is 6.61 Å². The summed E-state index contributed by atoms with van der Waals surface area (Å²) in [5.41, 5.74) is 8.78. The Morgan fingerprint density at radius 3 is 2.20 bits per heavy atom. The third-order valence-corrected chi connectivity index (χ3v) is 4.83. The molecule has 0 amide bonds. The van der Waals surface area contributed by atoms with Gasteiger partial charge in [-0.25, -0.2) is 0 Å². The molecular weight excluding hydrogens is 260 g/mol. The Kier molecular flexibility index (Phi) is 5.10. The van der Waals surface area contributed by atoms with Gasteiger partial charge in [-0.3, -0.25) is 0 Å². The minimum Gasteiger partial charge on any atom is -0.408 e. The molecule has 0 unspecified atom stereocenters. The maximum Gasteiger partial charge on any atom is 0.224 e. The van der Waals surface area contributed by atoms with E-state index in [1.165, 1.54) is 22.3 Å². The van der Waals surface area contributed by atoms with Crippen LogP contribution in [0.15, 0.2) is 73.1 Å². The molecular formula is C18H20OSi. The van der Waals surface area contributed by atoms with Crippen LogP contribution in [-0.2, 0) is 11.0 Å². The molecule has 0 fully saturated rings. The van der Waals surface area contributed by atoms with Crippen LogP contribution in [0.4, 0.5) is 0 Å². The zero-order valence-corrected chi connectivity index (χ0v) is 13.0. The minimum atomic E-state index is -1.46. The van der Waals surface area contributed by atoms with Gasteiger partial charge < -0.3 is 4.43 Å². The van der Waals surface area contributed by atoms with E-state index in [-0.39, 0.29) is 0 Å². The lowest BCUT2D eigenvalue weighted by molar-refractivity contribution is 0.321. The fraction of sp³-hybridized carbons (Fsp3) is 0.111. The van der Waals surface area contributed by atoms with E-state index >= 15 is 0 Å². The molecule has 0 aliphatic carbocycles. The van der Waals surface area contributed by atoms with Gasteiger partial charge in [0.15, 0.2) is 0 Å². The molecule has 2 aromatic carbocycles. The predicted molar refractivity (Wildman–Crippen MR) is 88.9 cm³/mol. The number of rotatable bonds is 6. The standard InChI is InChI=1S/C18H20OSi/c1-4-20(5-2)19-14-16-11-7-9-13-18(16)17-12-8-6-10-15(17)3/h4-13,20H,1-2,14H2,3H3. The van der Waals surface area contributed by atoms with Crippen molar-refractivity contribution in [1.82, 2.24) is 0 Å². The molecule has 0 aliphatic heterocycles. The van der Waals surface area contributed by atoms with Gasteiger partial charge in [-0.05, 0) is 29.2 Å². The first kappa shape index (κ1) is 14.5. The average molecular weight is 280 g/mol. The number of hydrogen-bond acceptors (Lipinski definition) is 1. The minimum absolute atomic E-state index is 0.611. The van der Waals surface area contributed by atoms with Crippen LogP contribution in [0.2, 0.25) is 0 Å². The van der Waals surface area contributed by atoms with Gasteiger partial charge in [-0.15, -0.1) is 13.2 Å². The lowest BCUT2D eigenvalue weighted by Gasteiger charge is -2.14. The quantitative estimate of drug-likeness (QED) is 0.715. The summed E-state index contributed by atoms with van der Waals surface area (Å²) in [6, 6.07) is 16.8. The van der Waals surface area contributed by atoms with Crippen molar-refractivity contribution in [2.24, 2.45) is 0 Å². The average Bonchev–Trinajstić information content (AvgIpc) is 2.49. The van der Waals surface area contributed by atoms with Crippen molar-refractivity contribution in [1.29, 1.82) is 0 Å². The molecule has 0 N–H and O–H groups in total. The molecule has 20 heavy (non-hydrogen) atoms.